The number of rotatable bonds is 4. The summed E-state index contributed by atoms with van der Waals surface area (Å²) in [6.45, 7) is 0.279. The lowest BCUT2D eigenvalue weighted by Gasteiger charge is -2.09. The van der Waals surface area contributed by atoms with Crippen LogP contribution in [0.2, 0.25) is 0 Å². The van der Waals surface area contributed by atoms with E-state index in [9.17, 15) is 9.18 Å². The van der Waals surface area contributed by atoms with Crippen LogP contribution in [-0.2, 0) is 6.61 Å². The molecular weight excluding hydrogens is 396 g/mol. The quantitative estimate of drug-likeness (QED) is 0.366. The summed E-state index contributed by atoms with van der Waals surface area (Å²) in [5, 5.41) is 0.673. The highest BCUT2D eigenvalue weighted by Crippen LogP contribution is 2.26. The molecule has 2 aromatic carbocycles. The molecule has 0 aliphatic heterocycles. The molecule has 110 valence electrons. The molecule has 0 atom stereocenters. The van der Waals surface area contributed by atoms with E-state index in [4.69, 9.17) is 4.74 Å². The Bertz CT molecular complexity index is 837. The van der Waals surface area contributed by atoms with Crippen molar-refractivity contribution < 1.29 is 13.9 Å². The summed E-state index contributed by atoms with van der Waals surface area (Å²) >= 11 is 1.96. The Morgan fingerprint density at radius 3 is 2.68 bits per heavy atom. The molecule has 0 bridgehead atoms. The summed E-state index contributed by atoms with van der Waals surface area (Å²) in [4.78, 5) is 15.2. The lowest BCUT2D eigenvalue weighted by atomic mass is 10.1. The van der Waals surface area contributed by atoms with E-state index in [1.54, 1.807) is 12.1 Å². The van der Waals surface area contributed by atoms with Gasteiger partial charge >= 0.3 is 0 Å². The van der Waals surface area contributed by atoms with E-state index in [1.807, 2.05) is 52.9 Å². The summed E-state index contributed by atoms with van der Waals surface area (Å²) in [7, 11) is 0. The van der Waals surface area contributed by atoms with E-state index in [2.05, 4.69) is 4.98 Å². The average molecular weight is 407 g/mol. The topological polar surface area (TPSA) is 39.2 Å². The van der Waals surface area contributed by atoms with Gasteiger partial charge in [-0.15, -0.1) is 0 Å². The van der Waals surface area contributed by atoms with E-state index < -0.39 is 5.82 Å². The van der Waals surface area contributed by atoms with Crippen LogP contribution in [0, 0.1) is 9.52 Å². The van der Waals surface area contributed by atoms with Crippen molar-refractivity contribution in [2.24, 2.45) is 0 Å². The fourth-order valence-corrected chi connectivity index (χ4v) is 2.64. The van der Waals surface area contributed by atoms with Crippen LogP contribution in [-0.4, -0.2) is 11.3 Å². The minimum Gasteiger partial charge on any atom is -0.486 e. The second kappa shape index (κ2) is 6.39. The molecular formula is C17H11FINO2. The van der Waals surface area contributed by atoms with Crippen molar-refractivity contribution in [1.29, 1.82) is 0 Å². The van der Waals surface area contributed by atoms with Crippen LogP contribution in [0.3, 0.4) is 0 Å². The number of hydrogen-bond donors (Lipinski definition) is 0. The maximum atomic E-state index is 14.1. The van der Waals surface area contributed by atoms with Gasteiger partial charge in [-0.2, -0.15) is 0 Å². The molecule has 0 unspecified atom stereocenters. The maximum absolute atomic E-state index is 14.1. The Labute approximate surface area is 140 Å². The molecule has 0 saturated carbocycles. The number of aldehydes is 1. The number of carbonyl (C=O) groups is 1. The number of aromatic nitrogens is 1. The third-order valence-corrected chi connectivity index (χ3v) is 4.08. The Kier molecular flexibility index (Phi) is 4.33. The molecule has 0 spiro atoms. The molecule has 3 rings (SSSR count). The van der Waals surface area contributed by atoms with Crippen molar-refractivity contribution in [2.75, 3.05) is 0 Å². The third kappa shape index (κ3) is 3.09. The SMILES string of the molecule is O=Cc1cc2cc(OCc3ccccc3)c(F)cc2nc1I. The van der Waals surface area contributed by atoms with Gasteiger partial charge < -0.3 is 4.74 Å². The van der Waals surface area contributed by atoms with Gasteiger partial charge in [0.25, 0.3) is 0 Å². The van der Waals surface area contributed by atoms with Crippen LogP contribution < -0.4 is 4.74 Å². The lowest BCUT2D eigenvalue weighted by Crippen LogP contribution is -1.99. The molecule has 0 aliphatic carbocycles. The molecule has 0 amide bonds. The molecule has 0 fully saturated rings. The molecule has 1 heterocycles. The Balaban J connectivity index is 1.94. The molecule has 3 nitrogen and oxygen atoms in total. The normalized spacial score (nSPS) is 10.6. The number of benzene rings is 2. The molecule has 0 aliphatic rings. The van der Waals surface area contributed by atoms with Gasteiger partial charge in [0.15, 0.2) is 17.9 Å². The molecule has 1 aromatic heterocycles. The summed E-state index contributed by atoms with van der Waals surface area (Å²) < 4.78 is 20.2. The van der Waals surface area contributed by atoms with Crippen LogP contribution in [0.25, 0.3) is 10.9 Å². The second-order valence-corrected chi connectivity index (χ2v) is 5.76. The number of carbonyl (C=O) groups excluding carboxylic acids is 1. The number of nitrogens with zero attached hydrogens (tertiary/aromatic N) is 1. The first-order valence-electron chi connectivity index (χ1n) is 6.59. The number of pyridine rings is 1. The Hall–Kier alpha value is -2.02. The van der Waals surface area contributed by atoms with Crippen molar-refractivity contribution >= 4 is 39.8 Å². The zero-order valence-corrected chi connectivity index (χ0v) is 13.6. The van der Waals surface area contributed by atoms with E-state index in [0.29, 0.717) is 20.2 Å². The molecule has 22 heavy (non-hydrogen) atoms. The minimum atomic E-state index is -0.467. The van der Waals surface area contributed by atoms with Crippen molar-refractivity contribution in [3.63, 3.8) is 0 Å². The Morgan fingerprint density at radius 1 is 1.18 bits per heavy atom. The number of fused-ring (bicyclic) bond motifs is 1. The highest BCUT2D eigenvalue weighted by atomic mass is 127. The fourth-order valence-electron chi connectivity index (χ4n) is 2.10. The van der Waals surface area contributed by atoms with Crippen LogP contribution >= 0.6 is 22.6 Å². The van der Waals surface area contributed by atoms with Crippen LogP contribution in [0.15, 0.2) is 48.5 Å². The zero-order chi connectivity index (χ0) is 15.5. The van der Waals surface area contributed by atoms with Gasteiger partial charge in [-0.05, 0) is 40.3 Å². The number of ether oxygens (including phenoxy) is 1. The highest BCUT2D eigenvalue weighted by molar-refractivity contribution is 14.1. The van der Waals surface area contributed by atoms with Crippen molar-refractivity contribution in [2.45, 2.75) is 6.61 Å². The zero-order valence-electron chi connectivity index (χ0n) is 11.4. The van der Waals surface area contributed by atoms with Gasteiger partial charge in [0.05, 0.1) is 5.52 Å². The van der Waals surface area contributed by atoms with Crippen molar-refractivity contribution in [1.82, 2.24) is 4.98 Å². The predicted molar refractivity (Wildman–Crippen MR) is 90.6 cm³/mol. The molecule has 3 aromatic rings. The van der Waals surface area contributed by atoms with Gasteiger partial charge in [0.1, 0.15) is 10.3 Å². The summed E-state index contributed by atoms with van der Waals surface area (Å²) in [5.41, 5.74) is 1.93. The molecule has 0 N–H and O–H groups in total. The predicted octanol–water partition coefficient (Wildman–Crippen LogP) is 4.37. The van der Waals surface area contributed by atoms with E-state index in [0.717, 1.165) is 11.8 Å². The van der Waals surface area contributed by atoms with Crippen LogP contribution in [0.5, 0.6) is 5.75 Å². The van der Waals surface area contributed by atoms with Gasteiger partial charge in [-0.3, -0.25) is 4.79 Å². The van der Waals surface area contributed by atoms with Gasteiger partial charge in [0, 0.05) is 17.0 Å². The van der Waals surface area contributed by atoms with Crippen molar-refractivity contribution in [3.8, 4) is 5.75 Å². The summed E-state index contributed by atoms with van der Waals surface area (Å²) in [6, 6.07) is 14.1. The monoisotopic (exact) mass is 407 g/mol. The third-order valence-electron chi connectivity index (χ3n) is 3.21. The number of halogens is 2. The van der Waals surface area contributed by atoms with E-state index >= 15 is 0 Å². The van der Waals surface area contributed by atoms with Crippen molar-refractivity contribution in [3.05, 3.63) is 69.2 Å². The smallest absolute Gasteiger partial charge is 0.167 e. The average Bonchev–Trinajstić information content (AvgIpc) is 2.53. The first-order chi connectivity index (χ1) is 10.7. The van der Waals surface area contributed by atoms with Crippen LogP contribution in [0.4, 0.5) is 4.39 Å². The van der Waals surface area contributed by atoms with Crippen LogP contribution in [0.1, 0.15) is 15.9 Å². The summed E-state index contributed by atoms with van der Waals surface area (Å²) in [6.07, 6.45) is 0.738. The number of hydrogen-bond acceptors (Lipinski definition) is 3. The van der Waals surface area contributed by atoms with E-state index in [1.165, 1.54) is 6.07 Å². The highest BCUT2D eigenvalue weighted by Gasteiger charge is 2.10. The largest absolute Gasteiger partial charge is 0.486 e. The molecule has 5 heteroatoms. The maximum Gasteiger partial charge on any atom is 0.167 e. The second-order valence-electron chi connectivity index (χ2n) is 4.74. The Morgan fingerprint density at radius 2 is 1.95 bits per heavy atom. The van der Waals surface area contributed by atoms with Gasteiger partial charge in [0.2, 0.25) is 0 Å². The molecule has 0 saturated heterocycles. The fraction of sp³-hybridized carbons (Fsp3) is 0.0588. The first-order valence-corrected chi connectivity index (χ1v) is 7.67. The van der Waals surface area contributed by atoms with Gasteiger partial charge in [-0.1, -0.05) is 30.3 Å². The van der Waals surface area contributed by atoms with Gasteiger partial charge in [-0.25, -0.2) is 9.37 Å². The summed E-state index contributed by atoms with van der Waals surface area (Å²) in [5.74, 6) is -0.318. The minimum absolute atomic E-state index is 0.149. The standard InChI is InChI=1S/C17H11FINO2/c18-14-8-15-12(6-13(9-21)17(19)20-15)7-16(14)22-10-11-4-2-1-3-5-11/h1-9H,10H2. The van der Waals surface area contributed by atoms with E-state index in [-0.39, 0.29) is 12.4 Å². The first kappa shape index (κ1) is 14.9. The lowest BCUT2D eigenvalue weighted by molar-refractivity contribution is 0.112. The molecule has 0 radical (unpaired) electrons.